The largest absolute Gasteiger partial charge is 0.467 e. The molecule has 0 unspecified atom stereocenters. The third-order valence-electron chi connectivity index (χ3n) is 4.49. The average molecular weight is 421 g/mol. The molecule has 0 radical (unpaired) electrons. The number of anilines is 2. The SMILES string of the molecule is O=C(CSc1nncn1Cc1ccco1)N1c2ccccc2Sc2ccccc21. The maximum absolute atomic E-state index is 13.3. The molecule has 2 aromatic carbocycles. The van der Waals surface area contributed by atoms with E-state index in [2.05, 4.69) is 10.2 Å². The van der Waals surface area contributed by atoms with E-state index in [-0.39, 0.29) is 11.7 Å². The van der Waals surface area contributed by atoms with Gasteiger partial charge < -0.3 is 8.98 Å². The summed E-state index contributed by atoms with van der Waals surface area (Å²) in [5, 5.41) is 8.83. The van der Waals surface area contributed by atoms with Crippen LogP contribution in [-0.4, -0.2) is 26.4 Å². The molecule has 144 valence electrons. The Kier molecular flexibility index (Phi) is 4.87. The van der Waals surface area contributed by atoms with Crippen LogP contribution in [0.2, 0.25) is 0 Å². The van der Waals surface area contributed by atoms with Gasteiger partial charge in [-0.3, -0.25) is 9.69 Å². The van der Waals surface area contributed by atoms with Crippen LogP contribution in [0.5, 0.6) is 0 Å². The second-order valence-corrected chi connectivity index (χ2v) is 8.40. The normalized spacial score (nSPS) is 12.5. The second kappa shape index (κ2) is 7.81. The van der Waals surface area contributed by atoms with Crippen LogP contribution in [0.3, 0.4) is 0 Å². The Morgan fingerprint density at radius 2 is 1.72 bits per heavy atom. The van der Waals surface area contributed by atoms with Gasteiger partial charge in [-0.05, 0) is 36.4 Å². The summed E-state index contributed by atoms with van der Waals surface area (Å²) >= 11 is 3.06. The van der Waals surface area contributed by atoms with Crippen LogP contribution in [0.1, 0.15) is 5.76 Å². The quantitative estimate of drug-likeness (QED) is 0.431. The number of hydrogen-bond acceptors (Lipinski definition) is 6. The van der Waals surface area contributed by atoms with Gasteiger partial charge in [-0.1, -0.05) is 47.8 Å². The molecule has 0 atom stereocenters. The molecule has 0 saturated heterocycles. The molecule has 0 spiro atoms. The predicted octanol–water partition coefficient (Wildman–Crippen LogP) is 4.84. The first kappa shape index (κ1) is 18.1. The van der Waals surface area contributed by atoms with Gasteiger partial charge in [0.2, 0.25) is 5.91 Å². The number of nitrogens with zero attached hydrogens (tertiary/aromatic N) is 4. The summed E-state index contributed by atoms with van der Waals surface area (Å²) in [6, 6.07) is 19.7. The maximum Gasteiger partial charge on any atom is 0.242 e. The molecule has 1 amide bonds. The van der Waals surface area contributed by atoms with Crippen molar-refractivity contribution >= 4 is 40.8 Å². The number of aromatic nitrogens is 3. The van der Waals surface area contributed by atoms with Crippen LogP contribution >= 0.6 is 23.5 Å². The van der Waals surface area contributed by atoms with Crippen molar-refractivity contribution in [2.75, 3.05) is 10.7 Å². The minimum atomic E-state index is 0.00255. The fraction of sp³-hybridized carbons (Fsp3) is 0.0952. The zero-order valence-electron chi connectivity index (χ0n) is 15.3. The highest BCUT2D eigenvalue weighted by Gasteiger charge is 2.28. The smallest absolute Gasteiger partial charge is 0.242 e. The van der Waals surface area contributed by atoms with E-state index in [9.17, 15) is 4.79 Å². The topological polar surface area (TPSA) is 64.2 Å². The van der Waals surface area contributed by atoms with E-state index in [1.807, 2.05) is 65.2 Å². The lowest BCUT2D eigenvalue weighted by Crippen LogP contribution is -2.30. The van der Waals surface area contributed by atoms with E-state index in [0.29, 0.717) is 11.7 Å². The van der Waals surface area contributed by atoms with Gasteiger partial charge in [-0.15, -0.1) is 10.2 Å². The Morgan fingerprint density at radius 3 is 2.41 bits per heavy atom. The number of carbonyl (C=O) groups is 1. The van der Waals surface area contributed by atoms with Crippen LogP contribution in [0.4, 0.5) is 11.4 Å². The zero-order chi connectivity index (χ0) is 19.6. The summed E-state index contributed by atoms with van der Waals surface area (Å²) in [6.07, 6.45) is 3.29. The number of furan rings is 1. The molecule has 3 heterocycles. The van der Waals surface area contributed by atoms with Crippen molar-refractivity contribution in [3.63, 3.8) is 0 Å². The van der Waals surface area contributed by atoms with Crippen LogP contribution < -0.4 is 4.90 Å². The Morgan fingerprint density at radius 1 is 1.00 bits per heavy atom. The minimum Gasteiger partial charge on any atom is -0.467 e. The number of hydrogen-bond donors (Lipinski definition) is 0. The molecule has 0 fully saturated rings. The van der Waals surface area contributed by atoms with Crippen molar-refractivity contribution in [2.24, 2.45) is 0 Å². The molecule has 0 bridgehead atoms. The van der Waals surface area contributed by atoms with E-state index in [0.717, 1.165) is 26.9 Å². The summed E-state index contributed by atoms with van der Waals surface area (Å²) in [6.45, 7) is 0.530. The second-order valence-electron chi connectivity index (χ2n) is 6.38. The van der Waals surface area contributed by atoms with Crippen LogP contribution in [0.15, 0.2) is 92.6 Å². The molecule has 0 aliphatic carbocycles. The van der Waals surface area contributed by atoms with Crippen LogP contribution in [0, 0.1) is 0 Å². The van der Waals surface area contributed by atoms with E-state index in [1.54, 1.807) is 29.3 Å². The molecule has 6 nitrogen and oxygen atoms in total. The van der Waals surface area contributed by atoms with Gasteiger partial charge in [0.1, 0.15) is 12.1 Å². The molecule has 2 aromatic heterocycles. The van der Waals surface area contributed by atoms with Gasteiger partial charge in [0.15, 0.2) is 5.16 Å². The van der Waals surface area contributed by atoms with E-state index in [4.69, 9.17) is 4.42 Å². The summed E-state index contributed by atoms with van der Waals surface area (Å²) in [4.78, 5) is 17.2. The summed E-state index contributed by atoms with van der Waals surface area (Å²) in [5.74, 6) is 1.07. The highest BCUT2D eigenvalue weighted by Crippen LogP contribution is 2.48. The number of carbonyl (C=O) groups excluding carboxylic acids is 1. The van der Waals surface area contributed by atoms with Crippen molar-refractivity contribution < 1.29 is 9.21 Å². The average Bonchev–Trinajstić information content (AvgIpc) is 3.42. The fourth-order valence-electron chi connectivity index (χ4n) is 3.20. The molecule has 0 N–H and O–H groups in total. The maximum atomic E-state index is 13.3. The van der Waals surface area contributed by atoms with Gasteiger partial charge in [0.05, 0.1) is 29.9 Å². The highest BCUT2D eigenvalue weighted by molar-refractivity contribution is 8.00. The third-order valence-corrected chi connectivity index (χ3v) is 6.59. The first-order chi connectivity index (χ1) is 14.3. The first-order valence-corrected chi connectivity index (χ1v) is 10.8. The lowest BCUT2D eigenvalue weighted by atomic mass is 10.2. The van der Waals surface area contributed by atoms with E-state index < -0.39 is 0 Å². The number of para-hydroxylation sites is 2. The monoisotopic (exact) mass is 420 g/mol. The standard InChI is InChI=1S/C21H16N4O2S2/c26-20(13-28-21-23-22-14-24(21)12-15-6-5-11-27-15)25-16-7-1-3-9-18(16)29-19-10-4-2-8-17(19)25/h1-11,14H,12-13H2. The number of amides is 1. The van der Waals surface area contributed by atoms with E-state index >= 15 is 0 Å². The van der Waals surface area contributed by atoms with Crippen LogP contribution in [0.25, 0.3) is 0 Å². The molecule has 8 heteroatoms. The van der Waals surface area contributed by atoms with Gasteiger partial charge in [-0.25, -0.2) is 0 Å². The van der Waals surface area contributed by atoms with Gasteiger partial charge in [0, 0.05) is 9.79 Å². The molecular formula is C21H16N4O2S2. The zero-order valence-corrected chi connectivity index (χ0v) is 16.9. The first-order valence-electron chi connectivity index (χ1n) is 9.01. The number of rotatable bonds is 5. The molecular weight excluding hydrogens is 404 g/mol. The molecule has 4 aromatic rings. The van der Waals surface area contributed by atoms with Gasteiger partial charge in [-0.2, -0.15) is 0 Å². The van der Waals surface area contributed by atoms with Crippen LogP contribution in [-0.2, 0) is 11.3 Å². The fourth-order valence-corrected chi connectivity index (χ4v) is 5.02. The van der Waals surface area contributed by atoms with Crippen molar-refractivity contribution in [1.82, 2.24) is 14.8 Å². The lowest BCUT2D eigenvalue weighted by Gasteiger charge is -2.30. The van der Waals surface area contributed by atoms with Crippen molar-refractivity contribution in [1.29, 1.82) is 0 Å². The number of thioether (sulfide) groups is 1. The minimum absolute atomic E-state index is 0.00255. The van der Waals surface area contributed by atoms with Crippen molar-refractivity contribution in [3.8, 4) is 0 Å². The molecule has 0 saturated carbocycles. The van der Waals surface area contributed by atoms with Gasteiger partial charge >= 0.3 is 0 Å². The summed E-state index contributed by atoms with van der Waals surface area (Å²) in [7, 11) is 0. The highest BCUT2D eigenvalue weighted by atomic mass is 32.2. The van der Waals surface area contributed by atoms with E-state index in [1.165, 1.54) is 11.8 Å². The number of fused-ring (bicyclic) bond motifs is 2. The third kappa shape index (κ3) is 3.56. The van der Waals surface area contributed by atoms with Crippen molar-refractivity contribution in [2.45, 2.75) is 21.5 Å². The lowest BCUT2D eigenvalue weighted by molar-refractivity contribution is -0.115. The Balaban J connectivity index is 1.38. The Hall–Kier alpha value is -2.97. The van der Waals surface area contributed by atoms with Gasteiger partial charge in [0.25, 0.3) is 0 Å². The molecule has 5 rings (SSSR count). The number of benzene rings is 2. The molecule has 29 heavy (non-hydrogen) atoms. The Labute approximate surface area is 175 Å². The predicted molar refractivity (Wildman–Crippen MR) is 113 cm³/mol. The Bertz CT molecular complexity index is 1110. The summed E-state index contributed by atoms with van der Waals surface area (Å²) in [5.41, 5.74) is 1.83. The molecule has 1 aliphatic heterocycles. The summed E-state index contributed by atoms with van der Waals surface area (Å²) < 4.78 is 7.28. The van der Waals surface area contributed by atoms with Crippen molar-refractivity contribution in [3.05, 3.63) is 79.0 Å². The molecule has 1 aliphatic rings.